The molecule has 0 heterocycles. The first-order chi connectivity index (χ1) is 16.8. The number of benzene rings is 3. The van der Waals surface area contributed by atoms with E-state index in [2.05, 4.69) is 15.8 Å². The molecule has 3 aromatic carbocycles. The summed E-state index contributed by atoms with van der Waals surface area (Å²) < 4.78 is 10.6. The van der Waals surface area contributed by atoms with Crippen LogP contribution in [0.2, 0.25) is 0 Å². The molecule has 0 atom stereocenters. The third-order valence-corrected chi connectivity index (χ3v) is 5.01. The van der Waals surface area contributed by atoms with Gasteiger partial charge in [0.2, 0.25) is 0 Å². The Morgan fingerprint density at radius 2 is 1.71 bits per heavy atom. The second-order valence-electron chi connectivity index (χ2n) is 7.52. The van der Waals surface area contributed by atoms with Gasteiger partial charge in [-0.3, -0.25) is 14.9 Å². The van der Waals surface area contributed by atoms with Crippen LogP contribution in [0.1, 0.15) is 27.0 Å². The van der Waals surface area contributed by atoms with Crippen molar-refractivity contribution < 1.29 is 24.0 Å². The van der Waals surface area contributed by atoms with Crippen LogP contribution in [0.25, 0.3) is 0 Å². The van der Waals surface area contributed by atoms with E-state index in [0.29, 0.717) is 5.56 Å². The molecule has 0 spiro atoms. The maximum atomic E-state index is 12.4. The molecule has 10 nitrogen and oxygen atoms in total. The minimum Gasteiger partial charge on any atom is -0.493 e. The molecule has 0 saturated carbocycles. The van der Waals surface area contributed by atoms with E-state index >= 15 is 0 Å². The largest absolute Gasteiger partial charge is 0.493 e. The number of rotatable bonds is 9. The Bertz CT molecular complexity index is 1250. The third-order valence-electron chi connectivity index (χ3n) is 5.01. The van der Waals surface area contributed by atoms with Crippen molar-refractivity contribution in [2.24, 2.45) is 5.10 Å². The number of hydrogen-bond acceptors (Lipinski definition) is 8. The number of carbonyl (C=O) groups is 2. The number of para-hydroxylation sites is 1. The second-order valence-corrected chi connectivity index (χ2v) is 7.52. The Morgan fingerprint density at radius 1 is 1.03 bits per heavy atom. The molecule has 0 aliphatic heterocycles. The average molecular weight is 476 g/mol. The van der Waals surface area contributed by atoms with E-state index in [1.54, 1.807) is 12.1 Å². The smallest absolute Gasteiger partial charge is 0.343 e. The van der Waals surface area contributed by atoms with Gasteiger partial charge in [-0.15, -0.1) is 0 Å². The van der Waals surface area contributed by atoms with Crippen molar-refractivity contribution in [3.8, 4) is 11.5 Å². The lowest BCUT2D eigenvalue weighted by Crippen LogP contribution is -2.26. The highest BCUT2D eigenvalue weighted by molar-refractivity contribution is 5.92. The van der Waals surface area contributed by atoms with Crippen LogP contribution in [0.4, 0.5) is 11.4 Å². The van der Waals surface area contributed by atoms with E-state index in [1.807, 2.05) is 32.0 Å². The first kappa shape index (κ1) is 24.9. The fourth-order valence-electron chi connectivity index (χ4n) is 3.21. The van der Waals surface area contributed by atoms with Gasteiger partial charge in [0.25, 0.3) is 11.6 Å². The van der Waals surface area contributed by atoms with Crippen molar-refractivity contribution >= 4 is 29.5 Å². The lowest BCUT2D eigenvalue weighted by molar-refractivity contribution is -0.384. The van der Waals surface area contributed by atoms with Crippen molar-refractivity contribution in [1.82, 2.24) is 5.43 Å². The van der Waals surface area contributed by atoms with Gasteiger partial charge in [-0.2, -0.15) is 5.10 Å². The number of esters is 1. The van der Waals surface area contributed by atoms with E-state index in [1.165, 1.54) is 43.7 Å². The number of aryl methyl sites for hydroxylation is 2. The zero-order valence-electron chi connectivity index (χ0n) is 19.4. The van der Waals surface area contributed by atoms with Gasteiger partial charge in [0.1, 0.15) is 0 Å². The topological polar surface area (TPSA) is 132 Å². The first-order valence-electron chi connectivity index (χ1n) is 10.5. The lowest BCUT2D eigenvalue weighted by atomic mass is 10.1. The molecule has 3 rings (SSSR count). The average Bonchev–Trinajstić information content (AvgIpc) is 2.84. The number of ether oxygens (including phenoxy) is 2. The monoisotopic (exact) mass is 476 g/mol. The molecule has 0 aromatic heterocycles. The second kappa shape index (κ2) is 11.4. The van der Waals surface area contributed by atoms with E-state index in [-0.39, 0.29) is 35.2 Å². The summed E-state index contributed by atoms with van der Waals surface area (Å²) in [5.41, 5.74) is 6.07. The Balaban J connectivity index is 1.58. The molecule has 0 unspecified atom stereocenters. The number of nitrogens with zero attached hydrogens (tertiary/aromatic N) is 2. The summed E-state index contributed by atoms with van der Waals surface area (Å²) in [4.78, 5) is 34.7. The van der Waals surface area contributed by atoms with Crippen LogP contribution in [0.3, 0.4) is 0 Å². The van der Waals surface area contributed by atoms with Crippen molar-refractivity contribution in [2.75, 3.05) is 19.0 Å². The summed E-state index contributed by atoms with van der Waals surface area (Å²) in [6.07, 6.45) is 1.43. The molecule has 3 aromatic rings. The minimum atomic E-state index is -0.691. The third kappa shape index (κ3) is 6.64. The normalized spacial score (nSPS) is 10.6. The molecular weight excluding hydrogens is 452 g/mol. The number of nitro groups is 1. The maximum Gasteiger partial charge on any atom is 0.343 e. The van der Waals surface area contributed by atoms with E-state index < -0.39 is 10.9 Å². The fraction of sp³-hybridized carbons (Fsp3) is 0.160. The van der Waals surface area contributed by atoms with E-state index in [0.717, 1.165) is 16.8 Å². The number of hydrazone groups is 1. The van der Waals surface area contributed by atoms with E-state index in [9.17, 15) is 19.7 Å². The Labute approximate surface area is 201 Å². The summed E-state index contributed by atoms with van der Waals surface area (Å²) in [7, 11) is 1.42. The van der Waals surface area contributed by atoms with Crippen molar-refractivity contribution in [2.45, 2.75) is 13.8 Å². The number of non-ortho nitro benzene ring substituents is 1. The minimum absolute atomic E-state index is 0.0594. The van der Waals surface area contributed by atoms with Crippen LogP contribution in [-0.2, 0) is 4.79 Å². The SMILES string of the molecule is COc1cc(/C=N/NC(=O)CNc2c(C)cccc2C)ccc1OC(=O)c1ccc([N+](=O)[O-])cc1. The zero-order chi connectivity index (χ0) is 25.4. The predicted molar refractivity (Wildman–Crippen MR) is 131 cm³/mol. The molecule has 0 fully saturated rings. The number of methoxy groups -OCH3 is 1. The van der Waals surface area contributed by atoms with Gasteiger partial charge in [0, 0.05) is 17.8 Å². The fourth-order valence-corrected chi connectivity index (χ4v) is 3.21. The van der Waals surface area contributed by atoms with Gasteiger partial charge in [-0.1, -0.05) is 18.2 Å². The molecule has 0 saturated heterocycles. The molecule has 1 amide bonds. The Hall–Kier alpha value is -4.73. The predicted octanol–water partition coefficient (Wildman–Crippen LogP) is 4.00. The highest BCUT2D eigenvalue weighted by atomic mass is 16.6. The highest BCUT2D eigenvalue weighted by Gasteiger charge is 2.14. The van der Waals surface area contributed by atoms with Crippen LogP contribution >= 0.6 is 0 Å². The Morgan fingerprint density at radius 3 is 2.34 bits per heavy atom. The van der Waals surface area contributed by atoms with Crippen molar-refractivity contribution in [1.29, 1.82) is 0 Å². The van der Waals surface area contributed by atoms with Crippen LogP contribution in [0, 0.1) is 24.0 Å². The van der Waals surface area contributed by atoms with Crippen molar-refractivity contribution in [3.05, 3.63) is 93.0 Å². The number of nitro benzene ring substituents is 1. The zero-order valence-corrected chi connectivity index (χ0v) is 19.4. The number of hydrogen-bond donors (Lipinski definition) is 2. The molecule has 35 heavy (non-hydrogen) atoms. The van der Waals surface area contributed by atoms with Gasteiger partial charge in [-0.25, -0.2) is 10.2 Å². The molecule has 0 aliphatic rings. The van der Waals surface area contributed by atoms with Gasteiger partial charge < -0.3 is 14.8 Å². The molecule has 0 bridgehead atoms. The van der Waals surface area contributed by atoms with Crippen LogP contribution < -0.4 is 20.2 Å². The van der Waals surface area contributed by atoms with Crippen molar-refractivity contribution in [3.63, 3.8) is 0 Å². The quantitative estimate of drug-likeness (QED) is 0.157. The number of nitrogens with one attached hydrogen (secondary N) is 2. The summed E-state index contributed by atoms with van der Waals surface area (Å²) in [6.45, 7) is 3.99. The first-order valence-corrected chi connectivity index (χ1v) is 10.5. The molecule has 0 radical (unpaired) electrons. The summed E-state index contributed by atoms with van der Waals surface area (Å²) in [6, 6.07) is 15.7. The van der Waals surface area contributed by atoms with Gasteiger partial charge >= 0.3 is 5.97 Å². The summed E-state index contributed by atoms with van der Waals surface area (Å²) >= 11 is 0. The van der Waals surface area contributed by atoms with Gasteiger partial charge in [0.05, 0.1) is 30.4 Å². The summed E-state index contributed by atoms with van der Waals surface area (Å²) in [5, 5.41) is 17.8. The van der Waals surface area contributed by atoms with Crippen LogP contribution in [0.15, 0.2) is 65.8 Å². The maximum absolute atomic E-state index is 12.4. The number of anilines is 1. The molecular formula is C25H24N4O6. The van der Waals surface area contributed by atoms with E-state index in [4.69, 9.17) is 9.47 Å². The highest BCUT2D eigenvalue weighted by Crippen LogP contribution is 2.28. The molecule has 10 heteroatoms. The lowest BCUT2D eigenvalue weighted by Gasteiger charge is -2.11. The Kier molecular flexibility index (Phi) is 8.12. The number of carbonyl (C=O) groups excluding carboxylic acids is 2. The molecule has 180 valence electrons. The number of amides is 1. The van der Waals surface area contributed by atoms with Gasteiger partial charge in [0.15, 0.2) is 11.5 Å². The molecule has 2 N–H and O–H groups in total. The summed E-state index contributed by atoms with van der Waals surface area (Å²) in [5.74, 6) is -0.574. The van der Waals surface area contributed by atoms with Crippen LogP contribution in [-0.4, -0.2) is 36.7 Å². The van der Waals surface area contributed by atoms with Gasteiger partial charge in [-0.05, 0) is 60.9 Å². The van der Waals surface area contributed by atoms with Crippen LogP contribution in [0.5, 0.6) is 11.5 Å². The standard InChI is InChI=1S/C25H24N4O6/c1-16-5-4-6-17(2)24(16)26-15-23(30)28-27-14-18-7-12-21(22(13-18)34-3)35-25(31)19-8-10-20(11-9-19)29(32)33/h4-14,26H,15H2,1-3H3,(H,28,30)/b27-14+. The molecule has 0 aliphatic carbocycles.